The van der Waals surface area contributed by atoms with Gasteiger partial charge in [0.15, 0.2) is 0 Å². The number of piperidine rings is 2. The highest BCUT2D eigenvalue weighted by atomic mass is 35.5. The van der Waals surface area contributed by atoms with Gasteiger partial charge in [-0.25, -0.2) is 9.18 Å². The number of nitrogens with zero attached hydrogens (tertiary/aromatic N) is 2. The lowest BCUT2D eigenvalue weighted by Crippen LogP contribution is -2.62. The molecule has 3 aliphatic rings. The number of ether oxygens (including phenoxy) is 2. The molecule has 0 spiro atoms. The Morgan fingerprint density at radius 1 is 1.30 bits per heavy atom. The van der Waals surface area contributed by atoms with Gasteiger partial charge in [-0.15, -0.1) is 0 Å². The third kappa shape index (κ3) is 4.64. The molecule has 0 aliphatic carbocycles. The molecular weight excluding hydrogens is 413 g/mol. The SMILES string of the molecule is C[C@@H]1CN(C(=O)N2CC[C@@H]3OCC(=O)N[C@@H]3C2)CC[C@@H]1COc1ccc(F)cc1Cl. The maximum atomic E-state index is 13.2. The van der Waals surface area contributed by atoms with Gasteiger partial charge in [0.2, 0.25) is 5.91 Å². The van der Waals surface area contributed by atoms with Crippen LogP contribution in [0.1, 0.15) is 19.8 Å². The Bertz CT molecular complexity index is 810. The van der Waals surface area contributed by atoms with Crippen molar-refractivity contribution in [1.82, 2.24) is 15.1 Å². The van der Waals surface area contributed by atoms with E-state index < -0.39 is 5.82 Å². The normalized spacial score (nSPS) is 29.2. The maximum absolute atomic E-state index is 13.2. The zero-order valence-corrected chi connectivity index (χ0v) is 17.7. The number of urea groups is 1. The lowest BCUT2D eigenvalue weighted by molar-refractivity contribution is -0.139. The van der Waals surface area contributed by atoms with Crippen LogP contribution in [0.2, 0.25) is 5.02 Å². The number of rotatable bonds is 3. The standard InChI is InChI=1S/C21H27ClFN3O4/c1-13-9-25(6-4-14(13)11-29-18-3-2-15(23)8-16(18)22)21(28)26-7-5-19-17(10-26)24-20(27)12-30-19/h2-3,8,13-14,17,19H,4-7,9-12H2,1H3,(H,24,27)/t13-,14-,17-,19+/m1/s1. The van der Waals surface area contributed by atoms with Crippen molar-refractivity contribution in [2.75, 3.05) is 39.4 Å². The van der Waals surface area contributed by atoms with Crippen LogP contribution >= 0.6 is 11.6 Å². The number of carbonyl (C=O) groups is 2. The zero-order valence-electron chi connectivity index (χ0n) is 17.0. The summed E-state index contributed by atoms with van der Waals surface area (Å²) in [5, 5.41) is 3.20. The number of morpholine rings is 1. The predicted molar refractivity (Wildman–Crippen MR) is 109 cm³/mol. The van der Waals surface area contributed by atoms with E-state index in [0.717, 1.165) is 12.8 Å². The Morgan fingerprint density at radius 2 is 2.07 bits per heavy atom. The first-order valence-corrected chi connectivity index (χ1v) is 10.8. The van der Waals surface area contributed by atoms with Gasteiger partial charge >= 0.3 is 6.03 Å². The van der Waals surface area contributed by atoms with Crippen molar-refractivity contribution in [3.8, 4) is 5.75 Å². The van der Waals surface area contributed by atoms with Crippen molar-refractivity contribution in [2.45, 2.75) is 31.9 Å². The number of likely N-dealkylation sites (tertiary alicyclic amines) is 2. The van der Waals surface area contributed by atoms with Crippen LogP contribution in [0.3, 0.4) is 0 Å². The summed E-state index contributed by atoms with van der Waals surface area (Å²) in [5.74, 6) is 0.504. The molecule has 1 aromatic carbocycles. The van der Waals surface area contributed by atoms with Crippen LogP contribution in [0.4, 0.5) is 9.18 Å². The first-order chi connectivity index (χ1) is 14.4. The smallest absolute Gasteiger partial charge is 0.320 e. The number of benzene rings is 1. The number of hydrogen-bond acceptors (Lipinski definition) is 4. The summed E-state index contributed by atoms with van der Waals surface area (Å²) in [4.78, 5) is 28.3. The van der Waals surface area contributed by atoms with Gasteiger partial charge in [-0.1, -0.05) is 18.5 Å². The molecule has 4 atom stereocenters. The largest absolute Gasteiger partial charge is 0.492 e. The summed E-state index contributed by atoms with van der Waals surface area (Å²) < 4.78 is 24.6. The summed E-state index contributed by atoms with van der Waals surface area (Å²) in [6, 6.07) is 3.99. The number of nitrogens with one attached hydrogen (secondary N) is 1. The molecule has 3 saturated heterocycles. The average Bonchev–Trinajstić information content (AvgIpc) is 2.72. The molecule has 3 amide bonds. The third-order valence-corrected chi connectivity index (χ3v) is 6.59. The van der Waals surface area contributed by atoms with Crippen LogP contribution in [-0.4, -0.2) is 73.3 Å². The molecule has 4 rings (SSSR count). The molecule has 0 saturated carbocycles. The van der Waals surface area contributed by atoms with Gasteiger partial charge in [0.1, 0.15) is 18.2 Å². The summed E-state index contributed by atoms with van der Waals surface area (Å²) in [6.07, 6.45) is 1.55. The fourth-order valence-corrected chi connectivity index (χ4v) is 4.70. The number of carbonyl (C=O) groups excluding carboxylic acids is 2. The first-order valence-electron chi connectivity index (χ1n) is 10.4. The zero-order chi connectivity index (χ0) is 21.3. The quantitative estimate of drug-likeness (QED) is 0.785. The highest BCUT2D eigenvalue weighted by molar-refractivity contribution is 6.32. The van der Waals surface area contributed by atoms with Crippen molar-refractivity contribution >= 4 is 23.5 Å². The molecule has 0 unspecified atom stereocenters. The molecule has 0 radical (unpaired) electrons. The summed E-state index contributed by atoms with van der Waals surface area (Å²) in [6.45, 7) is 5.11. The first kappa shape index (κ1) is 21.2. The van der Waals surface area contributed by atoms with Crippen LogP contribution in [-0.2, 0) is 9.53 Å². The minimum Gasteiger partial charge on any atom is -0.492 e. The van der Waals surface area contributed by atoms with E-state index in [0.29, 0.717) is 38.5 Å². The number of amides is 3. The van der Waals surface area contributed by atoms with Gasteiger partial charge in [0.25, 0.3) is 0 Å². The Kier molecular flexibility index (Phi) is 6.34. The van der Waals surface area contributed by atoms with Gasteiger partial charge in [0, 0.05) is 26.2 Å². The third-order valence-electron chi connectivity index (χ3n) is 6.30. The van der Waals surface area contributed by atoms with E-state index in [1.54, 1.807) is 6.07 Å². The van der Waals surface area contributed by atoms with Crippen molar-refractivity contribution in [3.05, 3.63) is 29.0 Å². The second kappa shape index (κ2) is 8.98. The molecule has 7 nitrogen and oxygen atoms in total. The van der Waals surface area contributed by atoms with Crippen molar-refractivity contribution in [3.63, 3.8) is 0 Å². The Balaban J connectivity index is 1.28. The second-order valence-electron chi connectivity index (χ2n) is 8.40. The lowest BCUT2D eigenvalue weighted by atomic mass is 9.87. The maximum Gasteiger partial charge on any atom is 0.320 e. The van der Waals surface area contributed by atoms with Gasteiger partial charge in [-0.3, -0.25) is 4.79 Å². The van der Waals surface area contributed by atoms with E-state index in [-0.39, 0.29) is 47.5 Å². The van der Waals surface area contributed by atoms with E-state index >= 15 is 0 Å². The van der Waals surface area contributed by atoms with Crippen LogP contribution < -0.4 is 10.1 Å². The predicted octanol–water partition coefficient (Wildman–Crippen LogP) is 2.53. The van der Waals surface area contributed by atoms with Gasteiger partial charge in [-0.05, 0) is 42.9 Å². The van der Waals surface area contributed by atoms with Crippen LogP contribution in [0.15, 0.2) is 18.2 Å². The van der Waals surface area contributed by atoms with Gasteiger partial charge in [0.05, 0.1) is 23.8 Å². The molecule has 30 heavy (non-hydrogen) atoms. The van der Waals surface area contributed by atoms with Crippen molar-refractivity contribution in [1.29, 1.82) is 0 Å². The Labute approximate surface area is 180 Å². The molecule has 0 aromatic heterocycles. The van der Waals surface area contributed by atoms with Crippen LogP contribution in [0, 0.1) is 17.7 Å². The fraction of sp³-hybridized carbons (Fsp3) is 0.619. The van der Waals surface area contributed by atoms with Crippen LogP contribution in [0.5, 0.6) is 5.75 Å². The number of fused-ring (bicyclic) bond motifs is 1. The molecule has 1 aromatic rings. The van der Waals surface area contributed by atoms with E-state index in [1.807, 2.05) is 9.80 Å². The number of halogens is 2. The van der Waals surface area contributed by atoms with E-state index in [4.69, 9.17) is 21.1 Å². The molecule has 0 bridgehead atoms. The lowest BCUT2D eigenvalue weighted by Gasteiger charge is -2.44. The van der Waals surface area contributed by atoms with Crippen molar-refractivity contribution < 1.29 is 23.5 Å². The fourth-order valence-electron chi connectivity index (χ4n) is 4.48. The molecule has 3 heterocycles. The second-order valence-corrected chi connectivity index (χ2v) is 8.81. The topological polar surface area (TPSA) is 71.1 Å². The van der Waals surface area contributed by atoms with Crippen LogP contribution in [0.25, 0.3) is 0 Å². The molecule has 9 heteroatoms. The summed E-state index contributed by atoms with van der Waals surface area (Å²) >= 11 is 6.03. The highest BCUT2D eigenvalue weighted by Gasteiger charge is 2.38. The Morgan fingerprint density at radius 3 is 2.83 bits per heavy atom. The molecule has 3 aliphatic heterocycles. The minimum atomic E-state index is -0.393. The molecule has 3 fully saturated rings. The summed E-state index contributed by atoms with van der Waals surface area (Å²) in [7, 11) is 0. The highest BCUT2D eigenvalue weighted by Crippen LogP contribution is 2.29. The number of hydrogen-bond donors (Lipinski definition) is 1. The minimum absolute atomic E-state index is 0.00755. The molecule has 1 N–H and O–H groups in total. The van der Waals surface area contributed by atoms with E-state index in [9.17, 15) is 14.0 Å². The monoisotopic (exact) mass is 439 g/mol. The molecule has 164 valence electrons. The Hall–Kier alpha value is -2.06. The van der Waals surface area contributed by atoms with Gasteiger partial charge in [-0.2, -0.15) is 0 Å². The van der Waals surface area contributed by atoms with Gasteiger partial charge < -0.3 is 24.6 Å². The van der Waals surface area contributed by atoms with E-state index in [1.165, 1.54) is 12.1 Å². The average molecular weight is 440 g/mol. The summed E-state index contributed by atoms with van der Waals surface area (Å²) in [5.41, 5.74) is 0. The molecular formula is C21H27ClFN3O4. The van der Waals surface area contributed by atoms with Crippen molar-refractivity contribution in [2.24, 2.45) is 11.8 Å². The van der Waals surface area contributed by atoms with E-state index in [2.05, 4.69) is 12.2 Å².